The lowest BCUT2D eigenvalue weighted by Crippen LogP contribution is -2.46. The van der Waals surface area contributed by atoms with Crippen LogP contribution in [0.2, 0.25) is 0 Å². The van der Waals surface area contributed by atoms with Crippen LogP contribution in [0.25, 0.3) is 0 Å². The summed E-state index contributed by atoms with van der Waals surface area (Å²) in [5, 5.41) is 16.1. The molecule has 1 fully saturated rings. The third kappa shape index (κ3) is 4.25. The molecule has 0 bridgehead atoms. The van der Waals surface area contributed by atoms with Crippen molar-refractivity contribution in [1.82, 2.24) is 5.32 Å². The van der Waals surface area contributed by atoms with Crippen LogP contribution < -0.4 is 20.3 Å². The SMILES string of the molecule is Cc1ccc(NC(=O)C(=O)NCC2(O)CCOc3ccccc32)cc1N1CCCC1=O. The second kappa shape index (κ2) is 8.39. The van der Waals surface area contributed by atoms with E-state index in [2.05, 4.69) is 10.6 Å². The zero-order valence-corrected chi connectivity index (χ0v) is 17.3. The Morgan fingerprint density at radius 3 is 2.77 bits per heavy atom. The minimum absolute atomic E-state index is 0.0503. The second-order valence-electron chi connectivity index (χ2n) is 7.91. The molecule has 162 valence electrons. The van der Waals surface area contributed by atoms with Crippen LogP contribution in [0.3, 0.4) is 0 Å². The second-order valence-corrected chi connectivity index (χ2v) is 7.91. The third-order valence-electron chi connectivity index (χ3n) is 5.74. The van der Waals surface area contributed by atoms with Gasteiger partial charge in [0.2, 0.25) is 5.91 Å². The van der Waals surface area contributed by atoms with Gasteiger partial charge in [0.25, 0.3) is 0 Å². The van der Waals surface area contributed by atoms with Gasteiger partial charge in [-0.3, -0.25) is 14.4 Å². The number of ether oxygens (including phenoxy) is 1. The van der Waals surface area contributed by atoms with E-state index in [-0.39, 0.29) is 12.5 Å². The molecule has 2 aromatic rings. The maximum Gasteiger partial charge on any atom is 0.313 e. The fraction of sp³-hybridized carbons (Fsp3) is 0.348. The topological polar surface area (TPSA) is 108 Å². The summed E-state index contributed by atoms with van der Waals surface area (Å²) in [7, 11) is 0. The van der Waals surface area contributed by atoms with E-state index in [4.69, 9.17) is 4.74 Å². The van der Waals surface area contributed by atoms with E-state index in [1.165, 1.54) is 0 Å². The van der Waals surface area contributed by atoms with Crippen LogP contribution >= 0.6 is 0 Å². The summed E-state index contributed by atoms with van der Waals surface area (Å²) in [6, 6.07) is 12.3. The Hall–Kier alpha value is -3.39. The molecule has 8 nitrogen and oxygen atoms in total. The summed E-state index contributed by atoms with van der Waals surface area (Å²) >= 11 is 0. The van der Waals surface area contributed by atoms with Crippen LogP contribution in [-0.2, 0) is 20.0 Å². The summed E-state index contributed by atoms with van der Waals surface area (Å²) in [5.74, 6) is -1.07. The van der Waals surface area contributed by atoms with Crippen LogP contribution in [0.4, 0.5) is 11.4 Å². The molecule has 0 spiro atoms. The van der Waals surface area contributed by atoms with Crippen molar-refractivity contribution in [2.75, 3.05) is 29.9 Å². The molecule has 0 aliphatic carbocycles. The van der Waals surface area contributed by atoms with Gasteiger partial charge < -0.3 is 25.4 Å². The normalized spacial score (nSPS) is 20.1. The smallest absolute Gasteiger partial charge is 0.313 e. The highest BCUT2D eigenvalue weighted by Gasteiger charge is 2.36. The van der Waals surface area contributed by atoms with E-state index >= 15 is 0 Å². The van der Waals surface area contributed by atoms with E-state index in [9.17, 15) is 19.5 Å². The summed E-state index contributed by atoms with van der Waals surface area (Å²) in [4.78, 5) is 38.5. The summed E-state index contributed by atoms with van der Waals surface area (Å²) in [6.07, 6.45) is 1.61. The van der Waals surface area contributed by atoms with Crippen LogP contribution in [0.5, 0.6) is 5.75 Å². The number of amides is 3. The molecule has 3 N–H and O–H groups in total. The predicted molar refractivity (Wildman–Crippen MR) is 115 cm³/mol. The average molecular weight is 423 g/mol. The number of aryl methyl sites for hydroxylation is 1. The Balaban J connectivity index is 1.41. The van der Waals surface area contributed by atoms with Crippen molar-refractivity contribution in [3.05, 3.63) is 53.6 Å². The van der Waals surface area contributed by atoms with Gasteiger partial charge in [0.05, 0.1) is 13.2 Å². The predicted octanol–water partition coefficient (Wildman–Crippen LogP) is 1.85. The van der Waals surface area contributed by atoms with Crippen LogP contribution in [-0.4, -0.2) is 42.5 Å². The van der Waals surface area contributed by atoms with Gasteiger partial charge in [-0.25, -0.2) is 0 Å². The highest BCUT2D eigenvalue weighted by molar-refractivity contribution is 6.39. The van der Waals surface area contributed by atoms with Crippen LogP contribution in [0, 0.1) is 6.92 Å². The van der Waals surface area contributed by atoms with E-state index in [1.807, 2.05) is 13.0 Å². The maximum atomic E-state index is 12.4. The quantitative estimate of drug-likeness (QED) is 0.651. The lowest BCUT2D eigenvalue weighted by atomic mass is 9.88. The van der Waals surface area contributed by atoms with Gasteiger partial charge in [-0.2, -0.15) is 0 Å². The van der Waals surface area contributed by atoms with Crippen molar-refractivity contribution in [1.29, 1.82) is 0 Å². The highest BCUT2D eigenvalue weighted by atomic mass is 16.5. The minimum Gasteiger partial charge on any atom is -0.493 e. The molecule has 0 saturated carbocycles. The largest absolute Gasteiger partial charge is 0.493 e. The summed E-state index contributed by atoms with van der Waals surface area (Å²) < 4.78 is 5.54. The fourth-order valence-electron chi connectivity index (χ4n) is 4.00. The molecule has 1 atom stereocenters. The first kappa shape index (κ1) is 20.9. The van der Waals surface area contributed by atoms with Crippen molar-refractivity contribution < 1.29 is 24.2 Å². The molecule has 1 saturated heterocycles. The number of fused-ring (bicyclic) bond motifs is 1. The monoisotopic (exact) mass is 423 g/mol. The first-order chi connectivity index (χ1) is 14.9. The molecule has 8 heteroatoms. The molecular formula is C23H25N3O5. The van der Waals surface area contributed by atoms with Gasteiger partial charge in [-0.1, -0.05) is 24.3 Å². The number of hydrogen-bond donors (Lipinski definition) is 3. The van der Waals surface area contributed by atoms with Crippen molar-refractivity contribution >= 4 is 29.1 Å². The molecule has 4 rings (SSSR count). The van der Waals surface area contributed by atoms with Gasteiger partial charge in [-0.15, -0.1) is 0 Å². The van der Waals surface area contributed by atoms with Crippen molar-refractivity contribution in [2.45, 2.75) is 31.8 Å². The lowest BCUT2D eigenvalue weighted by molar-refractivity contribution is -0.137. The van der Waals surface area contributed by atoms with Crippen molar-refractivity contribution in [3.8, 4) is 5.75 Å². The van der Waals surface area contributed by atoms with Gasteiger partial charge in [0.1, 0.15) is 11.4 Å². The first-order valence-corrected chi connectivity index (χ1v) is 10.3. The van der Waals surface area contributed by atoms with Crippen LogP contribution in [0.1, 0.15) is 30.4 Å². The number of hydrogen-bond acceptors (Lipinski definition) is 5. The number of anilines is 2. The molecule has 3 amide bonds. The van der Waals surface area contributed by atoms with Gasteiger partial charge >= 0.3 is 11.8 Å². The molecule has 2 aliphatic heterocycles. The molecule has 2 aliphatic rings. The van der Waals surface area contributed by atoms with Gasteiger partial charge in [-0.05, 0) is 37.1 Å². The third-order valence-corrected chi connectivity index (χ3v) is 5.74. The van der Waals surface area contributed by atoms with Crippen LogP contribution in [0.15, 0.2) is 42.5 Å². The number of benzene rings is 2. The van der Waals surface area contributed by atoms with E-state index in [0.29, 0.717) is 43.0 Å². The Kier molecular flexibility index (Phi) is 5.65. The van der Waals surface area contributed by atoms with Crippen molar-refractivity contribution in [2.24, 2.45) is 0 Å². The average Bonchev–Trinajstić information content (AvgIpc) is 3.19. The number of para-hydroxylation sites is 1. The maximum absolute atomic E-state index is 12.4. The number of nitrogens with one attached hydrogen (secondary N) is 2. The Morgan fingerprint density at radius 2 is 2.00 bits per heavy atom. The zero-order chi connectivity index (χ0) is 22.0. The van der Waals surface area contributed by atoms with Gasteiger partial charge in [0, 0.05) is 36.3 Å². The molecular weight excluding hydrogens is 398 g/mol. The van der Waals surface area contributed by atoms with E-state index in [1.54, 1.807) is 41.3 Å². The Labute approximate surface area is 180 Å². The zero-order valence-electron chi connectivity index (χ0n) is 17.3. The molecule has 31 heavy (non-hydrogen) atoms. The number of aliphatic hydroxyl groups is 1. The Morgan fingerprint density at radius 1 is 1.19 bits per heavy atom. The van der Waals surface area contributed by atoms with E-state index < -0.39 is 17.4 Å². The van der Waals surface area contributed by atoms with E-state index in [0.717, 1.165) is 17.7 Å². The number of carbonyl (C=O) groups is 3. The standard InChI is InChI=1S/C23H25N3O5/c1-15-8-9-16(13-18(15)26-11-4-7-20(26)27)25-22(29)21(28)24-14-23(30)10-12-31-19-6-3-2-5-17(19)23/h2-3,5-6,8-9,13,30H,4,7,10-12,14H2,1H3,(H,24,28)(H,25,29). The number of rotatable bonds is 4. The minimum atomic E-state index is -1.31. The first-order valence-electron chi connectivity index (χ1n) is 10.3. The number of carbonyl (C=O) groups excluding carboxylic acids is 3. The number of nitrogens with zero attached hydrogens (tertiary/aromatic N) is 1. The molecule has 0 radical (unpaired) electrons. The van der Waals surface area contributed by atoms with Crippen molar-refractivity contribution in [3.63, 3.8) is 0 Å². The Bertz CT molecular complexity index is 1040. The molecule has 1 unspecified atom stereocenters. The van der Waals surface area contributed by atoms with Gasteiger partial charge in [0.15, 0.2) is 0 Å². The highest BCUT2D eigenvalue weighted by Crippen LogP contribution is 2.36. The lowest BCUT2D eigenvalue weighted by Gasteiger charge is -2.34. The molecule has 2 heterocycles. The summed E-state index contributed by atoms with van der Waals surface area (Å²) in [6.45, 7) is 2.74. The summed E-state index contributed by atoms with van der Waals surface area (Å²) in [5.41, 5.74) is 1.35. The fourth-order valence-corrected chi connectivity index (χ4v) is 4.00. The molecule has 2 aromatic carbocycles. The molecule has 0 aromatic heterocycles.